The van der Waals surface area contributed by atoms with E-state index in [9.17, 15) is 19.2 Å². The molecule has 3 N–H and O–H groups in total. The maximum Gasteiger partial charge on any atom is 0.302 e. The lowest BCUT2D eigenvalue weighted by atomic mass is 9.86. The molecule has 13 nitrogen and oxygen atoms in total. The first-order valence-corrected chi connectivity index (χ1v) is 10.9. The Kier molecular flexibility index (Phi) is 13.6. The summed E-state index contributed by atoms with van der Waals surface area (Å²) in [4.78, 5) is 46.6. The zero-order chi connectivity index (χ0) is 25.6. The van der Waals surface area contributed by atoms with Gasteiger partial charge in [0.25, 0.3) is 0 Å². The molecule has 1 aliphatic heterocycles. The van der Waals surface area contributed by atoms with E-state index in [0.29, 0.717) is 26.4 Å². The highest BCUT2D eigenvalue weighted by atomic mass is 16.7. The standard InChI is InChI=1S/C21H36N2O11/c1-14(24)23-21(13-32-16(3)26)11-18(33-17(4)27)19(12-31-15(2)25)34-20(21)30-10-9-29-8-7-28-6-5-22/h18-20H,5-13,22H2,1-4H3,(H,23,24). The van der Waals surface area contributed by atoms with Gasteiger partial charge >= 0.3 is 17.9 Å². The van der Waals surface area contributed by atoms with Crippen molar-refractivity contribution in [3.63, 3.8) is 0 Å². The Labute approximate surface area is 198 Å². The summed E-state index contributed by atoms with van der Waals surface area (Å²) in [6.07, 6.45) is -2.97. The lowest BCUT2D eigenvalue weighted by molar-refractivity contribution is -0.279. The maximum atomic E-state index is 12.0. The number of hydrogen-bond donors (Lipinski definition) is 2. The van der Waals surface area contributed by atoms with E-state index >= 15 is 0 Å². The van der Waals surface area contributed by atoms with Gasteiger partial charge in [0, 0.05) is 40.7 Å². The number of hydrogen-bond acceptors (Lipinski definition) is 12. The minimum atomic E-state index is -1.38. The first-order chi connectivity index (χ1) is 16.1. The van der Waals surface area contributed by atoms with Gasteiger partial charge in [-0.3, -0.25) is 19.2 Å². The Morgan fingerprint density at radius 3 is 2.09 bits per heavy atom. The Morgan fingerprint density at radius 2 is 1.53 bits per heavy atom. The summed E-state index contributed by atoms with van der Waals surface area (Å²) in [6.45, 7) is 6.19. The van der Waals surface area contributed by atoms with Crippen LogP contribution in [0.3, 0.4) is 0 Å². The molecule has 34 heavy (non-hydrogen) atoms. The summed E-state index contributed by atoms with van der Waals surface area (Å²) in [5.41, 5.74) is 3.97. The smallest absolute Gasteiger partial charge is 0.302 e. The van der Waals surface area contributed by atoms with E-state index in [-0.39, 0.29) is 32.8 Å². The molecule has 1 saturated heterocycles. The second-order valence-electron chi connectivity index (χ2n) is 7.66. The molecular weight excluding hydrogens is 456 g/mol. The third-order valence-corrected chi connectivity index (χ3v) is 4.59. The van der Waals surface area contributed by atoms with Gasteiger partial charge in [-0.05, 0) is 0 Å². The first kappa shape index (κ1) is 29.7. The Balaban J connectivity index is 3.00. The average molecular weight is 493 g/mol. The molecule has 1 heterocycles. The number of carbonyl (C=O) groups excluding carboxylic acids is 4. The molecule has 0 radical (unpaired) electrons. The van der Waals surface area contributed by atoms with Crippen LogP contribution in [0.5, 0.6) is 0 Å². The third kappa shape index (κ3) is 11.2. The van der Waals surface area contributed by atoms with Gasteiger partial charge in [0.2, 0.25) is 5.91 Å². The lowest BCUT2D eigenvalue weighted by Gasteiger charge is -2.48. The van der Waals surface area contributed by atoms with Gasteiger partial charge in [0.1, 0.15) is 31.0 Å². The molecule has 1 aliphatic rings. The molecule has 13 heteroatoms. The second-order valence-corrected chi connectivity index (χ2v) is 7.66. The van der Waals surface area contributed by atoms with Crippen molar-refractivity contribution in [2.45, 2.75) is 58.2 Å². The highest BCUT2D eigenvalue weighted by Crippen LogP contribution is 2.33. The van der Waals surface area contributed by atoms with Crippen molar-refractivity contribution in [3.05, 3.63) is 0 Å². The lowest BCUT2D eigenvalue weighted by Crippen LogP contribution is -2.68. The number of nitrogens with two attached hydrogens (primary N) is 1. The van der Waals surface area contributed by atoms with Crippen molar-refractivity contribution in [2.75, 3.05) is 52.8 Å². The predicted octanol–water partition coefficient (Wildman–Crippen LogP) is -0.957. The first-order valence-electron chi connectivity index (χ1n) is 10.9. The zero-order valence-corrected chi connectivity index (χ0v) is 20.2. The van der Waals surface area contributed by atoms with Crippen LogP contribution in [0.4, 0.5) is 0 Å². The summed E-state index contributed by atoms with van der Waals surface area (Å²) in [5.74, 6) is -2.19. The van der Waals surface area contributed by atoms with E-state index < -0.39 is 47.9 Å². The third-order valence-electron chi connectivity index (χ3n) is 4.59. The Morgan fingerprint density at radius 1 is 0.912 bits per heavy atom. The number of nitrogens with one attached hydrogen (secondary N) is 1. The number of ether oxygens (including phenoxy) is 7. The Bertz CT molecular complexity index is 675. The van der Waals surface area contributed by atoms with Crippen molar-refractivity contribution in [3.8, 4) is 0 Å². The van der Waals surface area contributed by atoms with Crippen LogP contribution in [-0.4, -0.2) is 101 Å². The summed E-state index contributed by atoms with van der Waals surface area (Å²) >= 11 is 0. The average Bonchev–Trinajstić information content (AvgIpc) is 2.73. The van der Waals surface area contributed by atoms with Crippen molar-refractivity contribution in [2.24, 2.45) is 5.73 Å². The normalized spacial score (nSPS) is 24.2. The van der Waals surface area contributed by atoms with E-state index in [4.69, 9.17) is 38.9 Å². The van der Waals surface area contributed by atoms with Gasteiger partial charge in [0.15, 0.2) is 6.29 Å². The van der Waals surface area contributed by atoms with Crippen LogP contribution in [0.2, 0.25) is 0 Å². The van der Waals surface area contributed by atoms with Crippen molar-refractivity contribution in [1.82, 2.24) is 5.32 Å². The van der Waals surface area contributed by atoms with Crippen LogP contribution in [0, 0.1) is 0 Å². The Hall–Kier alpha value is -2.32. The van der Waals surface area contributed by atoms with E-state index in [0.717, 1.165) is 0 Å². The quantitative estimate of drug-likeness (QED) is 0.163. The number of amides is 1. The highest BCUT2D eigenvalue weighted by Gasteiger charge is 2.53. The molecule has 0 aliphatic carbocycles. The fraction of sp³-hybridized carbons (Fsp3) is 0.810. The van der Waals surface area contributed by atoms with Crippen LogP contribution in [0.15, 0.2) is 0 Å². The van der Waals surface area contributed by atoms with Gasteiger partial charge in [-0.25, -0.2) is 0 Å². The van der Waals surface area contributed by atoms with Crippen molar-refractivity contribution >= 4 is 23.8 Å². The van der Waals surface area contributed by atoms with E-state index in [1.165, 1.54) is 27.7 Å². The molecule has 0 aromatic carbocycles. The van der Waals surface area contributed by atoms with Crippen LogP contribution < -0.4 is 11.1 Å². The zero-order valence-electron chi connectivity index (χ0n) is 20.2. The van der Waals surface area contributed by atoms with Gasteiger partial charge < -0.3 is 44.2 Å². The predicted molar refractivity (Wildman–Crippen MR) is 115 cm³/mol. The van der Waals surface area contributed by atoms with Crippen molar-refractivity contribution < 1.29 is 52.3 Å². The molecule has 4 atom stereocenters. The molecule has 0 spiro atoms. The number of carbonyl (C=O) groups is 4. The van der Waals surface area contributed by atoms with Crippen LogP contribution in [0.1, 0.15) is 34.1 Å². The molecule has 4 unspecified atom stereocenters. The fourth-order valence-corrected chi connectivity index (χ4v) is 3.31. The van der Waals surface area contributed by atoms with E-state index in [2.05, 4.69) is 5.32 Å². The molecule has 1 amide bonds. The highest BCUT2D eigenvalue weighted by molar-refractivity contribution is 5.74. The van der Waals surface area contributed by atoms with Gasteiger partial charge in [0.05, 0.1) is 33.0 Å². The second kappa shape index (κ2) is 15.6. The molecule has 0 bridgehead atoms. The molecular formula is C21H36N2O11. The molecule has 0 aromatic rings. The van der Waals surface area contributed by atoms with E-state index in [1.54, 1.807) is 0 Å². The fourth-order valence-electron chi connectivity index (χ4n) is 3.31. The summed E-state index contributed by atoms with van der Waals surface area (Å²) < 4.78 is 38.1. The van der Waals surface area contributed by atoms with Crippen LogP contribution in [0.25, 0.3) is 0 Å². The maximum absolute atomic E-state index is 12.0. The van der Waals surface area contributed by atoms with Crippen LogP contribution in [-0.2, 0) is 52.3 Å². The minimum absolute atomic E-state index is 0.0240. The number of rotatable bonds is 15. The largest absolute Gasteiger partial charge is 0.463 e. The molecule has 0 saturated carbocycles. The summed E-state index contributed by atoms with van der Waals surface area (Å²) in [5, 5.41) is 2.73. The van der Waals surface area contributed by atoms with Crippen LogP contribution >= 0.6 is 0 Å². The topological polar surface area (TPSA) is 171 Å². The molecule has 1 fully saturated rings. The SMILES string of the molecule is CC(=O)NC1(COC(C)=O)CC(OC(C)=O)C(COC(C)=O)OC1OCCOCCOCCN. The number of esters is 3. The van der Waals surface area contributed by atoms with E-state index in [1.807, 2.05) is 0 Å². The summed E-state index contributed by atoms with van der Waals surface area (Å²) in [7, 11) is 0. The van der Waals surface area contributed by atoms with Crippen molar-refractivity contribution in [1.29, 1.82) is 0 Å². The van der Waals surface area contributed by atoms with Gasteiger partial charge in [-0.15, -0.1) is 0 Å². The summed E-state index contributed by atoms with van der Waals surface area (Å²) in [6, 6.07) is 0. The van der Waals surface area contributed by atoms with Gasteiger partial charge in [-0.1, -0.05) is 0 Å². The molecule has 0 aromatic heterocycles. The molecule has 196 valence electrons. The monoisotopic (exact) mass is 492 g/mol. The molecule has 1 rings (SSSR count). The minimum Gasteiger partial charge on any atom is -0.463 e. The van der Waals surface area contributed by atoms with Gasteiger partial charge in [-0.2, -0.15) is 0 Å².